The molecule has 0 aliphatic rings. The van der Waals surface area contributed by atoms with Crippen LogP contribution in [0, 0.1) is 15.2 Å². The number of anilines is 2. The second-order valence-electron chi connectivity index (χ2n) is 5.57. The highest BCUT2D eigenvalue weighted by Crippen LogP contribution is 2.31. The van der Waals surface area contributed by atoms with Crippen molar-refractivity contribution in [3.8, 4) is 5.75 Å². The molecule has 2 aromatic rings. The number of rotatable bonds is 8. The van der Waals surface area contributed by atoms with E-state index in [9.17, 15) is 23.8 Å². The smallest absolute Gasteiger partial charge is 0.254 e. The molecule has 0 bridgehead atoms. The Morgan fingerprint density at radius 3 is 2.48 bits per heavy atom. The minimum absolute atomic E-state index is 0.00907. The number of amides is 1. The van der Waals surface area contributed by atoms with Crippen LogP contribution >= 0.6 is 22.6 Å². The summed E-state index contributed by atoms with van der Waals surface area (Å²) in [7, 11) is 0. The van der Waals surface area contributed by atoms with Crippen molar-refractivity contribution in [3.63, 3.8) is 0 Å². The van der Waals surface area contributed by atoms with Crippen molar-refractivity contribution in [1.29, 1.82) is 0 Å². The first-order chi connectivity index (χ1) is 12.7. The van der Waals surface area contributed by atoms with Gasteiger partial charge in [-0.25, -0.2) is 8.78 Å². The van der Waals surface area contributed by atoms with Crippen LogP contribution in [-0.2, 0) is 0 Å². The first kappa shape index (κ1) is 21.3. The van der Waals surface area contributed by atoms with Gasteiger partial charge in [0.2, 0.25) is 0 Å². The lowest BCUT2D eigenvalue weighted by Gasteiger charge is -2.19. The molecule has 0 radical (unpaired) electrons. The van der Waals surface area contributed by atoms with Gasteiger partial charge in [0.25, 0.3) is 5.91 Å². The van der Waals surface area contributed by atoms with E-state index in [1.165, 1.54) is 12.1 Å². The van der Waals surface area contributed by atoms with Gasteiger partial charge in [-0.2, -0.15) is 0 Å². The Hall–Kier alpha value is -2.02. The van der Waals surface area contributed by atoms with Gasteiger partial charge in [-0.3, -0.25) is 4.79 Å². The third-order valence-corrected chi connectivity index (χ3v) is 4.23. The number of aliphatic hydroxyl groups is 3. The normalized spacial score (nSPS) is 13.1. The first-order valence-electron chi connectivity index (χ1n) is 7.68. The summed E-state index contributed by atoms with van der Waals surface area (Å²) in [6, 6.07) is 6.08. The molecular formula is C17H17F2IN2O5. The summed E-state index contributed by atoms with van der Waals surface area (Å²) < 4.78 is 33.9. The van der Waals surface area contributed by atoms with Gasteiger partial charge in [0.05, 0.1) is 18.0 Å². The molecule has 1 amide bonds. The van der Waals surface area contributed by atoms with Gasteiger partial charge in [0.1, 0.15) is 41.8 Å². The standard InChI is InChI=1S/C17H17F2IN2O5/c18-8-3-12(22-11-2-1-9(20)5-10(11)19)16(17(21)26)15(4-8)27-7-14(25)13(24)6-23/h1-5,13-14,22-25H,6-7H2,(H2,21,26). The average Bonchev–Trinajstić information content (AvgIpc) is 2.60. The van der Waals surface area contributed by atoms with Crippen LogP contribution in [0.2, 0.25) is 0 Å². The van der Waals surface area contributed by atoms with Crippen LogP contribution in [-0.4, -0.2) is 46.6 Å². The second kappa shape index (κ2) is 9.26. The van der Waals surface area contributed by atoms with E-state index in [1.54, 1.807) is 6.07 Å². The predicted molar refractivity (Wildman–Crippen MR) is 102 cm³/mol. The number of nitrogens with one attached hydrogen (secondary N) is 1. The highest BCUT2D eigenvalue weighted by Gasteiger charge is 2.21. The number of aliphatic hydroxyl groups excluding tert-OH is 3. The first-order valence-corrected chi connectivity index (χ1v) is 8.76. The van der Waals surface area contributed by atoms with E-state index in [1.807, 2.05) is 22.6 Å². The zero-order chi connectivity index (χ0) is 20.1. The van der Waals surface area contributed by atoms with Gasteiger partial charge in [-0.1, -0.05) is 0 Å². The van der Waals surface area contributed by atoms with Gasteiger partial charge in [0.15, 0.2) is 0 Å². The van der Waals surface area contributed by atoms with E-state index >= 15 is 0 Å². The Morgan fingerprint density at radius 2 is 1.89 bits per heavy atom. The maximum absolute atomic E-state index is 14.1. The van der Waals surface area contributed by atoms with E-state index < -0.39 is 43.0 Å². The fraction of sp³-hybridized carbons (Fsp3) is 0.235. The molecule has 0 heterocycles. The molecule has 2 aromatic carbocycles. The largest absolute Gasteiger partial charge is 0.490 e. The van der Waals surface area contributed by atoms with E-state index in [0.717, 1.165) is 12.1 Å². The number of carbonyl (C=O) groups is 1. The molecule has 6 N–H and O–H groups in total. The molecular weight excluding hydrogens is 477 g/mol. The number of ether oxygens (including phenoxy) is 1. The van der Waals surface area contributed by atoms with Crippen molar-refractivity contribution in [2.75, 3.05) is 18.5 Å². The molecule has 0 aliphatic heterocycles. The van der Waals surface area contributed by atoms with Crippen molar-refractivity contribution >= 4 is 39.9 Å². The lowest BCUT2D eigenvalue weighted by atomic mass is 10.1. The summed E-state index contributed by atoms with van der Waals surface area (Å²) in [5.41, 5.74) is 4.94. The molecule has 2 rings (SSSR count). The molecule has 7 nitrogen and oxygen atoms in total. The third kappa shape index (κ3) is 5.48. The van der Waals surface area contributed by atoms with Crippen molar-refractivity contribution in [2.45, 2.75) is 12.2 Å². The Bertz CT molecular complexity index is 837. The van der Waals surface area contributed by atoms with E-state index in [4.69, 9.17) is 15.6 Å². The molecule has 0 spiro atoms. The van der Waals surface area contributed by atoms with Gasteiger partial charge >= 0.3 is 0 Å². The number of primary amides is 1. The zero-order valence-electron chi connectivity index (χ0n) is 13.8. The molecule has 0 fully saturated rings. The maximum Gasteiger partial charge on any atom is 0.254 e. The van der Waals surface area contributed by atoms with Crippen molar-refractivity contribution in [2.24, 2.45) is 5.73 Å². The average molecular weight is 494 g/mol. The summed E-state index contributed by atoms with van der Waals surface area (Å²) in [4.78, 5) is 11.9. The predicted octanol–water partition coefficient (Wildman–Crippen LogP) is 1.50. The number of hydrogen-bond acceptors (Lipinski definition) is 6. The Kier molecular flexibility index (Phi) is 7.30. The highest BCUT2D eigenvalue weighted by atomic mass is 127. The summed E-state index contributed by atoms with van der Waals surface area (Å²) >= 11 is 1.92. The Morgan fingerprint density at radius 1 is 1.19 bits per heavy atom. The lowest BCUT2D eigenvalue weighted by molar-refractivity contribution is -0.0340. The molecule has 146 valence electrons. The van der Waals surface area contributed by atoms with E-state index in [-0.39, 0.29) is 22.7 Å². The summed E-state index contributed by atoms with van der Waals surface area (Å²) in [6.07, 6.45) is -2.96. The Labute approximate surface area is 166 Å². The number of benzene rings is 2. The monoisotopic (exact) mass is 494 g/mol. The van der Waals surface area contributed by atoms with Gasteiger partial charge in [-0.05, 0) is 46.9 Å². The minimum atomic E-state index is -1.48. The topological polar surface area (TPSA) is 125 Å². The summed E-state index contributed by atoms with van der Waals surface area (Å²) in [6.45, 7) is -1.25. The minimum Gasteiger partial charge on any atom is -0.490 e. The number of halogens is 3. The summed E-state index contributed by atoms with van der Waals surface area (Å²) in [5, 5.41) is 30.4. The fourth-order valence-corrected chi connectivity index (χ4v) is 2.65. The van der Waals surface area contributed by atoms with Crippen molar-refractivity contribution < 1.29 is 33.6 Å². The van der Waals surface area contributed by atoms with E-state index in [0.29, 0.717) is 3.57 Å². The molecule has 10 heteroatoms. The number of hydrogen-bond donors (Lipinski definition) is 5. The number of carbonyl (C=O) groups excluding carboxylic acids is 1. The van der Waals surface area contributed by atoms with Crippen LogP contribution in [0.4, 0.5) is 20.2 Å². The van der Waals surface area contributed by atoms with Crippen LogP contribution in [0.15, 0.2) is 30.3 Å². The van der Waals surface area contributed by atoms with Crippen molar-refractivity contribution in [3.05, 3.63) is 51.1 Å². The molecule has 0 saturated heterocycles. The lowest BCUT2D eigenvalue weighted by Crippen LogP contribution is -2.34. The van der Waals surface area contributed by atoms with Gasteiger partial charge in [-0.15, -0.1) is 0 Å². The van der Waals surface area contributed by atoms with Crippen LogP contribution in [0.25, 0.3) is 0 Å². The van der Waals surface area contributed by atoms with Gasteiger partial charge in [0, 0.05) is 9.64 Å². The molecule has 0 aliphatic carbocycles. The van der Waals surface area contributed by atoms with Crippen LogP contribution in [0.3, 0.4) is 0 Å². The zero-order valence-corrected chi connectivity index (χ0v) is 16.0. The highest BCUT2D eigenvalue weighted by molar-refractivity contribution is 14.1. The summed E-state index contributed by atoms with van der Waals surface area (Å²) in [5.74, 6) is -2.71. The fourth-order valence-electron chi connectivity index (χ4n) is 2.19. The van der Waals surface area contributed by atoms with Crippen LogP contribution < -0.4 is 15.8 Å². The second-order valence-corrected chi connectivity index (χ2v) is 6.81. The third-order valence-electron chi connectivity index (χ3n) is 3.55. The molecule has 0 aromatic heterocycles. The van der Waals surface area contributed by atoms with Crippen molar-refractivity contribution in [1.82, 2.24) is 0 Å². The SMILES string of the molecule is NC(=O)c1c(Nc2ccc(I)cc2F)cc(F)cc1OCC(O)C(O)CO. The molecule has 27 heavy (non-hydrogen) atoms. The molecule has 2 unspecified atom stereocenters. The van der Waals surface area contributed by atoms with Gasteiger partial charge < -0.3 is 31.1 Å². The molecule has 0 saturated carbocycles. The van der Waals surface area contributed by atoms with Crippen LogP contribution in [0.5, 0.6) is 5.75 Å². The number of nitrogens with two attached hydrogens (primary N) is 1. The van der Waals surface area contributed by atoms with Crippen LogP contribution in [0.1, 0.15) is 10.4 Å². The Balaban J connectivity index is 2.37. The quantitative estimate of drug-likeness (QED) is 0.355. The molecule has 2 atom stereocenters. The maximum atomic E-state index is 14.1. The van der Waals surface area contributed by atoms with E-state index in [2.05, 4.69) is 5.32 Å².